The monoisotopic (exact) mass is 521 g/mol. The second-order valence-corrected chi connectivity index (χ2v) is 17.1. The fourth-order valence-electron chi connectivity index (χ4n) is 7.07. The van der Waals surface area contributed by atoms with Crippen molar-refractivity contribution in [3.05, 3.63) is 95.2 Å². The Morgan fingerprint density at radius 1 is 0.974 bits per heavy atom. The van der Waals surface area contributed by atoms with Crippen LogP contribution < -0.4 is 9.92 Å². The molecule has 0 aliphatic heterocycles. The molecule has 0 spiro atoms. The highest BCUT2D eigenvalue weighted by atomic mass is 28.3. The van der Waals surface area contributed by atoms with E-state index in [4.69, 9.17) is 4.74 Å². The molecule has 1 heterocycles. The highest BCUT2D eigenvalue weighted by Crippen LogP contribution is 2.54. The molecular formula is C35H43NOSi. The van der Waals surface area contributed by atoms with Crippen molar-refractivity contribution in [3.63, 3.8) is 0 Å². The van der Waals surface area contributed by atoms with Gasteiger partial charge < -0.3 is 9.30 Å². The highest BCUT2D eigenvalue weighted by Gasteiger charge is 2.50. The lowest BCUT2D eigenvalue weighted by Crippen LogP contribution is -2.53. The number of ether oxygens (including phenoxy) is 1. The molecule has 0 bridgehead atoms. The van der Waals surface area contributed by atoms with Gasteiger partial charge in [0.25, 0.3) is 0 Å². The normalized spacial score (nSPS) is 15.0. The van der Waals surface area contributed by atoms with Gasteiger partial charge in [0.1, 0.15) is 20.4 Å². The zero-order chi connectivity index (χ0) is 27.4. The van der Waals surface area contributed by atoms with Gasteiger partial charge in [-0.1, -0.05) is 113 Å². The number of hydrogen-bond donors (Lipinski definition) is 0. The molecule has 38 heavy (non-hydrogen) atoms. The lowest BCUT2D eigenvalue weighted by molar-refractivity contribution is 0.353. The number of fused-ring (bicyclic) bond motifs is 5. The van der Waals surface area contributed by atoms with Crippen LogP contribution in [0.3, 0.4) is 0 Å². The molecule has 198 valence electrons. The van der Waals surface area contributed by atoms with E-state index < -0.39 is 8.07 Å². The fraction of sp³-hybridized carbons (Fsp3) is 0.371. The van der Waals surface area contributed by atoms with Crippen molar-refractivity contribution in [1.82, 2.24) is 4.57 Å². The maximum Gasteiger partial charge on any atom is 0.122 e. The number of hydrogen-bond acceptors (Lipinski definition) is 1. The highest BCUT2D eigenvalue weighted by molar-refractivity contribution is 6.94. The Balaban J connectivity index is 1.90. The van der Waals surface area contributed by atoms with Crippen LogP contribution in [-0.4, -0.2) is 19.2 Å². The van der Waals surface area contributed by atoms with Crippen LogP contribution in [0.1, 0.15) is 68.1 Å². The number of nitrogens with zero attached hydrogens (tertiary/aromatic N) is 1. The summed E-state index contributed by atoms with van der Waals surface area (Å²) in [7, 11) is 0.0704. The second-order valence-electron chi connectivity index (χ2n) is 12.3. The van der Waals surface area contributed by atoms with E-state index >= 15 is 0 Å². The van der Waals surface area contributed by atoms with Crippen molar-refractivity contribution < 1.29 is 4.74 Å². The molecule has 5 rings (SSSR count). The van der Waals surface area contributed by atoms with Gasteiger partial charge in [0.05, 0.1) is 0 Å². The summed E-state index contributed by atoms with van der Waals surface area (Å²) in [5.74, 6) is 1.11. The summed E-state index contributed by atoms with van der Waals surface area (Å²) in [6, 6.07) is 23.3. The summed E-state index contributed by atoms with van der Waals surface area (Å²) in [5.41, 5.74) is 11.5. The van der Waals surface area contributed by atoms with Gasteiger partial charge in [0, 0.05) is 34.7 Å². The maximum absolute atomic E-state index is 6.66. The molecule has 2 nitrogen and oxygen atoms in total. The van der Waals surface area contributed by atoms with E-state index in [1.807, 2.05) is 6.08 Å². The van der Waals surface area contributed by atoms with Gasteiger partial charge in [-0.3, -0.25) is 0 Å². The van der Waals surface area contributed by atoms with Crippen molar-refractivity contribution in [2.75, 3.05) is 6.61 Å². The van der Waals surface area contributed by atoms with Crippen molar-refractivity contribution in [2.24, 2.45) is 7.05 Å². The second kappa shape index (κ2) is 9.61. The minimum atomic E-state index is -2.21. The molecule has 1 aliphatic carbocycles. The minimum Gasteiger partial charge on any atom is -0.489 e. The number of aromatic nitrogens is 1. The van der Waals surface area contributed by atoms with Crippen LogP contribution in [0.4, 0.5) is 0 Å². The third-order valence-corrected chi connectivity index (χ3v) is 14.6. The van der Waals surface area contributed by atoms with E-state index in [1.54, 1.807) is 0 Å². The van der Waals surface area contributed by atoms with Gasteiger partial charge in [-0.2, -0.15) is 0 Å². The molecule has 0 saturated carbocycles. The predicted molar refractivity (Wildman–Crippen MR) is 167 cm³/mol. The molecule has 1 unspecified atom stereocenters. The number of aryl methyl sites for hydroxylation is 3. The molecule has 0 saturated heterocycles. The number of rotatable bonds is 7. The van der Waals surface area contributed by atoms with Crippen molar-refractivity contribution in [2.45, 2.75) is 71.5 Å². The van der Waals surface area contributed by atoms with Crippen LogP contribution in [0.25, 0.3) is 22.0 Å². The molecule has 0 N–H and O–H groups in total. The van der Waals surface area contributed by atoms with Gasteiger partial charge in [-0.05, 0) is 53.3 Å². The summed E-state index contributed by atoms with van der Waals surface area (Å²) < 4.78 is 9.17. The molecule has 0 amide bonds. The Hall–Kier alpha value is -3.04. The molecular weight excluding hydrogens is 478 g/mol. The van der Waals surface area contributed by atoms with Crippen LogP contribution in [0.5, 0.6) is 5.75 Å². The van der Waals surface area contributed by atoms with E-state index in [0.717, 1.165) is 17.8 Å². The third-order valence-electron chi connectivity index (χ3n) is 8.95. The quantitative estimate of drug-likeness (QED) is 0.175. The van der Waals surface area contributed by atoms with Crippen LogP contribution >= 0.6 is 0 Å². The Labute approximate surface area is 230 Å². The first-order valence-electron chi connectivity index (χ1n) is 14.2. The predicted octanol–water partition coefficient (Wildman–Crippen LogP) is 8.70. The SMILES string of the molecule is C=CCOc1c(C(C)(C)C)cc(C)cc1[Si](CC)(CC)C1c2ccccc2-c2c1n(C)c1ccc(C)cc21. The summed E-state index contributed by atoms with van der Waals surface area (Å²) in [5, 5.41) is 2.86. The molecule has 4 aromatic rings. The third kappa shape index (κ3) is 3.90. The zero-order valence-electron chi connectivity index (χ0n) is 24.5. The molecule has 3 heteroatoms. The molecule has 1 atom stereocenters. The largest absolute Gasteiger partial charge is 0.489 e. The average molecular weight is 522 g/mol. The van der Waals surface area contributed by atoms with Crippen LogP contribution in [-0.2, 0) is 12.5 Å². The lowest BCUT2D eigenvalue weighted by atomic mass is 9.85. The summed E-state index contributed by atoms with van der Waals surface area (Å²) >= 11 is 0. The Bertz CT molecular complexity index is 1530. The zero-order valence-corrected chi connectivity index (χ0v) is 25.5. The summed E-state index contributed by atoms with van der Waals surface area (Å²) in [6.07, 6.45) is 1.88. The maximum atomic E-state index is 6.66. The van der Waals surface area contributed by atoms with E-state index in [0.29, 0.717) is 12.1 Å². The first-order valence-corrected chi connectivity index (χ1v) is 16.7. The van der Waals surface area contributed by atoms with Crippen LogP contribution in [0.15, 0.2) is 67.3 Å². The molecule has 1 aromatic heterocycles. The summed E-state index contributed by atoms with van der Waals surface area (Å²) in [4.78, 5) is 0. The smallest absolute Gasteiger partial charge is 0.122 e. The first-order chi connectivity index (χ1) is 18.1. The van der Waals surface area contributed by atoms with Gasteiger partial charge in [-0.15, -0.1) is 0 Å². The van der Waals surface area contributed by atoms with Crippen molar-refractivity contribution in [1.29, 1.82) is 0 Å². The van der Waals surface area contributed by atoms with Gasteiger partial charge in [-0.25, -0.2) is 0 Å². The Kier molecular flexibility index (Phi) is 6.72. The topological polar surface area (TPSA) is 14.2 Å². The molecule has 1 aliphatic rings. The van der Waals surface area contributed by atoms with E-state index in [-0.39, 0.29) is 5.41 Å². The molecule has 0 fully saturated rings. The lowest BCUT2D eigenvalue weighted by Gasteiger charge is -2.40. The molecule has 3 aromatic carbocycles. The standard InChI is InChI=1S/C35H43NOSi/c1-10-19-37-33-28(35(6,7)8)21-24(5)22-30(33)38(11-2,12-3)34-26-16-14-13-15-25(26)31-27-20-23(4)17-18-29(27)36(9)32(31)34/h10,13-18,20-22,34H,1,11-12,19H2,2-9H3. The van der Waals surface area contributed by atoms with Crippen LogP contribution in [0, 0.1) is 13.8 Å². The van der Waals surface area contributed by atoms with E-state index in [9.17, 15) is 0 Å². The van der Waals surface area contributed by atoms with E-state index in [2.05, 4.69) is 121 Å². The molecule has 0 radical (unpaired) electrons. The van der Waals surface area contributed by atoms with Gasteiger partial charge in [0.15, 0.2) is 0 Å². The summed E-state index contributed by atoms with van der Waals surface area (Å²) in [6.45, 7) is 20.8. The average Bonchev–Trinajstić information content (AvgIpc) is 3.37. The van der Waals surface area contributed by atoms with Gasteiger partial charge >= 0.3 is 0 Å². The Morgan fingerprint density at radius 2 is 1.68 bits per heavy atom. The Morgan fingerprint density at radius 3 is 2.34 bits per heavy atom. The van der Waals surface area contributed by atoms with E-state index in [1.165, 1.54) is 55.2 Å². The minimum absolute atomic E-state index is 0.0190. The van der Waals surface area contributed by atoms with Crippen LogP contribution in [0.2, 0.25) is 12.1 Å². The number of benzene rings is 3. The first kappa shape index (κ1) is 26.6. The van der Waals surface area contributed by atoms with Crippen molar-refractivity contribution >= 4 is 24.2 Å². The van der Waals surface area contributed by atoms with Crippen molar-refractivity contribution in [3.8, 4) is 16.9 Å². The fourth-order valence-corrected chi connectivity index (χ4v) is 12.3. The van der Waals surface area contributed by atoms with Gasteiger partial charge in [0.2, 0.25) is 0 Å².